The Morgan fingerprint density at radius 1 is 0.727 bits per heavy atom. The maximum absolute atomic E-state index is 4.10. The first-order chi connectivity index (χ1) is 15.9. The van der Waals surface area contributed by atoms with Gasteiger partial charge in [-0.15, -0.1) is 0 Å². The van der Waals surface area contributed by atoms with Gasteiger partial charge in [0, 0.05) is 0 Å². The minimum Gasteiger partial charge on any atom is -0.0991 e. The molecule has 0 heteroatoms. The highest BCUT2D eigenvalue weighted by molar-refractivity contribution is 5.42. The van der Waals surface area contributed by atoms with Gasteiger partial charge in [-0.2, -0.15) is 0 Å². The molecule has 0 atom stereocenters. The van der Waals surface area contributed by atoms with Gasteiger partial charge in [0.1, 0.15) is 0 Å². The summed E-state index contributed by atoms with van der Waals surface area (Å²) >= 11 is 0. The molecule has 0 radical (unpaired) electrons. The van der Waals surface area contributed by atoms with E-state index >= 15 is 0 Å². The number of hydrogen-bond acceptors (Lipinski definition) is 0. The van der Waals surface area contributed by atoms with E-state index in [-0.39, 0.29) is 0 Å². The number of hydrogen-bond donors (Lipinski definition) is 0. The summed E-state index contributed by atoms with van der Waals surface area (Å²) in [5.41, 5.74) is 8.45. The van der Waals surface area contributed by atoms with Gasteiger partial charge < -0.3 is 0 Å². The highest BCUT2D eigenvalue weighted by atomic mass is 14.1. The number of unbranched alkanes of at least 4 members (excludes halogenated alkanes) is 6. The van der Waals surface area contributed by atoms with Crippen LogP contribution in [-0.2, 0) is 0 Å². The summed E-state index contributed by atoms with van der Waals surface area (Å²) in [7, 11) is 0. The van der Waals surface area contributed by atoms with Gasteiger partial charge in [0.2, 0.25) is 0 Å². The largest absolute Gasteiger partial charge is 0.0991 e. The fraction of sp³-hybridized carbons (Fsp3) is 0.576. The van der Waals surface area contributed by atoms with E-state index in [1.165, 1.54) is 91.2 Å². The second-order valence-electron chi connectivity index (χ2n) is 8.86. The Bertz CT molecular complexity index is 673. The molecule has 0 unspecified atom stereocenters. The van der Waals surface area contributed by atoms with Crippen molar-refractivity contribution in [2.45, 2.75) is 126 Å². The molecular formula is C33H56. The molecule has 0 saturated heterocycles. The summed E-state index contributed by atoms with van der Waals surface area (Å²) in [6, 6.07) is 0. The number of rotatable bonds is 17. The summed E-state index contributed by atoms with van der Waals surface area (Å²) < 4.78 is 0. The van der Waals surface area contributed by atoms with Crippen molar-refractivity contribution in [3.05, 3.63) is 83.1 Å². The van der Waals surface area contributed by atoms with E-state index < -0.39 is 0 Å². The third-order valence-electron chi connectivity index (χ3n) is 6.04. The van der Waals surface area contributed by atoms with E-state index in [0.29, 0.717) is 0 Å². The van der Waals surface area contributed by atoms with Gasteiger partial charge in [0.05, 0.1) is 0 Å². The van der Waals surface area contributed by atoms with Crippen LogP contribution in [0.25, 0.3) is 0 Å². The Morgan fingerprint density at radius 3 is 1.76 bits per heavy atom. The lowest BCUT2D eigenvalue weighted by Gasteiger charge is -2.13. The van der Waals surface area contributed by atoms with Crippen LogP contribution in [0.15, 0.2) is 83.1 Å². The maximum Gasteiger partial charge on any atom is -0.0133 e. The van der Waals surface area contributed by atoms with E-state index in [4.69, 9.17) is 0 Å². The predicted molar refractivity (Wildman–Crippen MR) is 156 cm³/mol. The quantitative estimate of drug-likeness (QED) is 0.152. The molecule has 0 saturated carbocycles. The van der Waals surface area contributed by atoms with Crippen molar-refractivity contribution >= 4 is 0 Å². The van der Waals surface area contributed by atoms with Gasteiger partial charge in [-0.25, -0.2) is 0 Å². The average molecular weight is 453 g/mol. The summed E-state index contributed by atoms with van der Waals surface area (Å²) in [4.78, 5) is 0. The maximum atomic E-state index is 4.10. The summed E-state index contributed by atoms with van der Waals surface area (Å²) in [6.07, 6.45) is 26.6. The minimum absolute atomic E-state index is 1.00. The van der Waals surface area contributed by atoms with Crippen LogP contribution in [-0.4, -0.2) is 0 Å². The van der Waals surface area contributed by atoms with E-state index in [1.807, 2.05) is 19.9 Å². The third-order valence-corrected chi connectivity index (χ3v) is 6.04. The summed E-state index contributed by atoms with van der Waals surface area (Å²) in [5.74, 6) is 0. The van der Waals surface area contributed by atoms with Crippen LogP contribution in [0.2, 0.25) is 0 Å². The standard InChI is InChI=1S/C31H50.C2H6/c1-9-13-15-17-23-30(12-4)29(8)28(7)25-31(24-18-16-14-10-2)27(6)22-19-21-26(5)20-11-3;1-2/h11-12,19-21,25H,3-4,9-10,13-18,22-24H2,1-2,5-8H3;1-2H3/b21-19-,26-20-,28-25+,30-29-,31-27+;. The molecule has 0 amide bonds. The van der Waals surface area contributed by atoms with Gasteiger partial charge in [-0.05, 0) is 82.1 Å². The predicted octanol–water partition coefficient (Wildman–Crippen LogP) is 11.8. The van der Waals surface area contributed by atoms with Gasteiger partial charge in [-0.1, -0.05) is 127 Å². The molecule has 0 aliphatic rings. The Balaban J connectivity index is 0. The Morgan fingerprint density at radius 2 is 1.27 bits per heavy atom. The Labute approximate surface area is 209 Å². The fourth-order valence-corrected chi connectivity index (χ4v) is 3.75. The van der Waals surface area contributed by atoms with Crippen molar-refractivity contribution in [2.24, 2.45) is 0 Å². The van der Waals surface area contributed by atoms with Crippen LogP contribution in [0.1, 0.15) is 126 Å². The first kappa shape index (κ1) is 33.4. The zero-order valence-electron chi connectivity index (χ0n) is 23.7. The molecule has 0 fully saturated rings. The first-order valence-corrected chi connectivity index (χ1v) is 13.6. The highest BCUT2D eigenvalue weighted by Gasteiger charge is 2.05. The molecule has 0 aliphatic carbocycles. The first-order valence-electron chi connectivity index (χ1n) is 13.6. The van der Waals surface area contributed by atoms with Crippen molar-refractivity contribution in [2.75, 3.05) is 0 Å². The molecule has 0 aromatic heterocycles. The minimum atomic E-state index is 1.00. The summed E-state index contributed by atoms with van der Waals surface area (Å²) in [6.45, 7) is 25.4. The van der Waals surface area contributed by atoms with Crippen molar-refractivity contribution in [1.29, 1.82) is 0 Å². The van der Waals surface area contributed by atoms with Crippen molar-refractivity contribution in [1.82, 2.24) is 0 Å². The topological polar surface area (TPSA) is 0 Å². The normalized spacial score (nSPS) is 13.8. The van der Waals surface area contributed by atoms with E-state index in [0.717, 1.165) is 12.8 Å². The van der Waals surface area contributed by atoms with Crippen LogP contribution in [0.3, 0.4) is 0 Å². The van der Waals surface area contributed by atoms with Crippen LogP contribution in [0.4, 0.5) is 0 Å². The zero-order valence-corrected chi connectivity index (χ0v) is 23.7. The molecule has 0 spiro atoms. The van der Waals surface area contributed by atoms with Crippen LogP contribution in [0, 0.1) is 0 Å². The lowest BCUT2D eigenvalue weighted by molar-refractivity contribution is 0.665. The zero-order chi connectivity index (χ0) is 25.5. The Hall–Kier alpha value is -1.82. The van der Waals surface area contributed by atoms with Crippen molar-refractivity contribution in [3.63, 3.8) is 0 Å². The van der Waals surface area contributed by atoms with Crippen molar-refractivity contribution < 1.29 is 0 Å². The van der Waals surface area contributed by atoms with Crippen LogP contribution in [0.5, 0.6) is 0 Å². The molecule has 0 nitrogen and oxygen atoms in total. The highest BCUT2D eigenvalue weighted by Crippen LogP contribution is 2.25. The number of allylic oxidation sites excluding steroid dienone is 12. The van der Waals surface area contributed by atoms with E-state index in [1.54, 1.807) is 0 Å². The molecule has 0 bridgehead atoms. The fourth-order valence-electron chi connectivity index (χ4n) is 3.75. The molecule has 0 heterocycles. The SMILES string of the molecule is C=C/C=C(C)\C=C/C/C(C)=C(/C=C(C)/C(C)=C(/C=C)CCCCCC)CCCCCC.CC. The van der Waals surface area contributed by atoms with Gasteiger partial charge >= 0.3 is 0 Å². The van der Waals surface area contributed by atoms with Crippen LogP contribution >= 0.6 is 0 Å². The third kappa shape index (κ3) is 17.3. The molecule has 0 rings (SSSR count). The van der Waals surface area contributed by atoms with E-state index in [9.17, 15) is 0 Å². The Kier molecular flexibility index (Phi) is 23.6. The lowest BCUT2D eigenvalue weighted by atomic mass is 9.93. The lowest BCUT2D eigenvalue weighted by Crippen LogP contribution is -1.93. The molecule has 0 N–H and O–H groups in total. The van der Waals surface area contributed by atoms with Gasteiger partial charge in [0.15, 0.2) is 0 Å². The summed E-state index contributed by atoms with van der Waals surface area (Å²) in [5, 5.41) is 0. The molecule has 0 aliphatic heterocycles. The second-order valence-corrected chi connectivity index (χ2v) is 8.86. The van der Waals surface area contributed by atoms with E-state index in [2.05, 4.69) is 85.1 Å². The monoisotopic (exact) mass is 452 g/mol. The second kappa shape index (κ2) is 23.3. The average Bonchev–Trinajstić information content (AvgIpc) is 2.82. The van der Waals surface area contributed by atoms with Gasteiger partial charge in [-0.3, -0.25) is 0 Å². The van der Waals surface area contributed by atoms with Crippen molar-refractivity contribution in [3.8, 4) is 0 Å². The molecule has 188 valence electrons. The van der Waals surface area contributed by atoms with Crippen LogP contribution < -0.4 is 0 Å². The molecule has 0 aromatic rings. The smallest absolute Gasteiger partial charge is 0.0133 e. The molecular weight excluding hydrogens is 396 g/mol. The molecule has 33 heavy (non-hydrogen) atoms. The molecule has 0 aromatic carbocycles. The van der Waals surface area contributed by atoms with Gasteiger partial charge in [0.25, 0.3) is 0 Å².